The summed E-state index contributed by atoms with van der Waals surface area (Å²) in [6, 6.07) is 0. The fourth-order valence-corrected chi connectivity index (χ4v) is 3.23. The molecule has 1 aliphatic rings. The number of hydrogen-bond acceptors (Lipinski definition) is 3. The number of thiazole rings is 1. The van der Waals surface area contributed by atoms with Gasteiger partial charge in [0, 0.05) is 18.3 Å². The van der Waals surface area contributed by atoms with Gasteiger partial charge in [0.05, 0.1) is 10.7 Å². The highest BCUT2D eigenvalue weighted by atomic mass is 32.1. The zero-order valence-electron chi connectivity index (χ0n) is 11.0. The molecule has 0 spiro atoms. The van der Waals surface area contributed by atoms with Crippen molar-refractivity contribution in [2.75, 3.05) is 13.1 Å². The Labute approximate surface area is 109 Å². The molecule has 1 saturated carbocycles. The zero-order valence-corrected chi connectivity index (χ0v) is 11.9. The van der Waals surface area contributed by atoms with Crippen molar-refractivity contribution in [1.29, 1.82) is 0 Å². The summed E-state index contributed by atoms with van der Waals surface area (Å²) in [6.45, 7) is 6.74. The van der Waals surface area contributed by atoms with Crippen LogP contribution < -0.4 is 5.32 Å². The second-order valence-corrected chi connectivity index (χ2v) is 6.50. The standard InChI is InChI=1S/C14H24N2S/c1-11-3-5-13(6-4-11)9-15-8-7-14-10-17-12(2)16-14/h10-11,13,15H,3-9H2,1-2H3. The lowest BCUT2D eigenvalue weighted by Gasteiger charge is -2.26. The molecule has 1 fully saturated rings. The van der Waals surface area contributed by atoms with Gasteiger partial charge in [0.2, 0.25) is 0 Å². The van der Waals surface area contributed by atoms with Crippen LogP contribution in [0, 0.1) is 18.8 Å². The first-order valence-electron chi connectivity index (χ1n) is 6.85. The monoisotopic (exact) mass is 252 g/mol. The van der Waals surface area contributed by atoms with E-state index in [1.807, 2.05) is 0 Å². The molecule has 0 unspecified atom stereocenters. The van der Waals surface area contributed by atoms with Gasteiger partial charge in [-0.1, -0.05) is 19.8 Å². The summed E-state index contributed by atoms with van der Waals surface area (Å²) in [5.74, 6) is 1.88. The minimum Gasteiger partial charge on any atom is -0.316 e. The molecule has 1 aromatic rings. The van der Waals surface area contributed by atoms with E-state index in [1.165, 1.54) is 42.9 Å². The van der Waals surface area contributed by atoms with Crippen molar-refractivity contribution in [3.63, 3.8) is 0 Å². The maximum Gasteiger partial charge on any atom is 0.0897 e. The first-order chi connectivity index (χ1) is 8.24. The highest BCUT2D eigenvalue weighted by Gasteiger charge is 2.17. The summed E-state index contributed by atoms with van der Waals surface area (Å²) >= 11 is 1.75. The average Bonchev–Trinajstić information content (AvgIpc) is 2.73. The van der Waals surface area contributed by atoms with Crippen molar-refractivity contribution in [3.8, 4) is 0 Å². The highest BCUT2D eigenvalue weighted by Crippen LogP contribution is 2.27. The Bertz CT molecular complexity index is 327. The number of aromatic nitrogens is 1. The lowest BCUT2D eigenvalue weighted by Crippen LogP contribution is -2.27. The lowest BCUT2D eigenvalue weighted by atomic mass is 9.83. The summed E-state index contributed by atoms with van der Waals surface area (Å²) in [7, 11) is 0. The molecule has 2 nitrogen and oxygen atoms in total. The van der Waals surface area contributed by atoms with Crippen LogP contribution in [-0.4, -0.2) is 18.1 Å². The first-order valence-corrected chi connectivity index (χ1v) is 7.73. The molecule has 17 heavy (non-hydrogen) atoms. The molecule has 3 heteroatoms. The summed E-state index contributed by atoms with van der Waals surface area (Å²) in [6.07, 6.45) is 6.77. The van der Waals surface area contributed by atoms with Crippen LogP contribution in [0.4, 0.5) is 0 Å². The van der Waals surface area contributed by atoms with E-state index in [9.17, 15) is 0 Å². The molecule has 0 bridgehead atoms. The number of rotatable bonds is 5. The van der Waals surface area contributed by atoms with E-state index in [4.69, 9.17) is 0 Å². The topological polar surface area (TPSA) is 24.9 Å². The molecule has 0 radical (unpaired) electrons. The minimum atomic E-state index is 0.920. The van der Waals surface area contributed by atoms with Crippen LogP contribution in [0.25, 0.3) is 0 Å². The third kappa shape index (κ3) is 4.40. The summed E-state index contributed by atoms with van der Waals surface area (Å²) in [5, 5.41) is 6.95. The van der Waals surface area contributed by atoms with Crippen molar-refractivity contribution in [2.24, 2.45) is 11.8 Å². The Hall–Kier alpha value is -0.410. The van der Waals surface area contributed by atoms with Crippen LogP contribution in [0.1, 0.15) is 43.3 Å². The minimum absolute atomic E-state index is 0.920. The summed E-state index contributed by atoms with van der Waals surface area (Å²) in [4.78, 5) is 4.48. The van der Waals surface area contributed by atoms with Gasteiger partial charge in [-0.05, 0) is 38.1 Å². The third-order valence-corrected chi connectivity index (χ3v) is 4.62. The second-order valence-electron chi connectivity index (χ2n) is 5.44. The van der Waals surface area contributed by atoms with Crippen LogP contribution in [-0.2, 0) is 6.42 Å². The average molecular weight is 252 g/mol. The van der Waals surface area contributed by atoms with Crippen LogP contribution in [0.15, 0.2) is 5.38 Å². The van der Waals surface area contributed by atoms with Gasteiger partial charge < -0.3 is 5.32 Å². The Morgan fingerprint density at radius 3 is 2.76 bits per heavy atom. The summed E-state index contributed by atoms with van der Waals surface area (Å²) < 4.78 is 0. The van der Waals surface area contributed by atoms with E-state index in [0.717, 1.165) is 24.8 Å². The molecule has 1 aliphatic carbocycles. The van der Waals surface area contributed by atoms with Crippen molar-refractivity contribution >= 4 is 11.3 Å². The Kier molecular flexibility index (Phi) is 4.99. The van der Waals surface area contributed by atoms with E-state index in [-0.39, 0.29) is 0 Å². The fourth-order valence-electron chi connectivity index (χ4n) is 2.58. The molecule has 1 N–H and O–H groups in total. The van der Waals surface area contributed by atoms with Crippen LogP contribution in [0.3, 0.4) is 0 Å². The maximum atomic E-state index is 4.48. The van der Waals surface area contributed by atoms with Crippen LogP contribution in [0.5, 0.6) is 0 Å². The number of hydrogen-bond donors (Lipinski definition) is 1. The molecular formula is C14H24N2S. The molecule has 1 heterocycles. The third-order valence-electron chi connectivity index (χ3n) is 3.79. The van der Waals surface area contributed by atoms with Crippen molar-refractivity contribution < 1.29 is 0 Å². The second kappa shape index (κ2) is 6.50. The molecule has 96 valence electrons. The molecule has 0 aliphatic heterocycles. The van der Waals surface area contributed by atoms with Gasteiger partial charge in [0.1, 0.15) is 0 Å². The molecule has 0 atom stereocenters. The van der Waals surface area contributed by atoms with Crippen LogP contribution >= 0.6 is 11.3 Å². The van der Waals surface area contributed by atoms with Gasteiger partial charge in [-0.2, -0.15) is 0 Å². The number of aryl methyl sites for hydroxylation is 1. The lowest BCUT2D eigenvalue weighted by molar-refractivity contribution is 0.282. The van der Waals surface area contributed by atoms with Crippen molar-refractivity contribution in [1.82, 2.24) is 10.3 Å². The van der Waals surface area contributed by atoms with Gasteiger partial charge in [-0.25, -0.2) is 4.98 Å². The smallest absolute Gasteiger partial charge is 0.0897 e. The zero-order chi connectivity index (χ0) is 12.1. The van der Waals surface area contributed by atoms with Crippen molar-refractivity contribution in [2.45, 2.75) is 46.0 Å². The van der Waals surface area contributed by atoms with Gasteiger partial charge in [0.15, 0.2) is 0 Å². The SMILES string of the molecule is Cc1nc(CCNCC2CCC(C)CC2)cs1. The summed E-state index contributed by atoms with van der Waals surface area (Å²) in [5.41, 5.74) is 1.25. The van der Waals surface area contributed by atoms with Gasteiger partial charge >= 0.3 is 0 Å². The van der Waals surface area contributed by atoms with E-state index in [1.54, 1.807) is 11.3 Å². The number of nitrogens with one attached hydrogen (secondary N) is 1. The van der Waals surface area contributed by atoms with Gasteiger partial charge in [-0.3, -0.25) is 0 Å². The first kappa shape index (κ1) is 13.0. The molecule has 0 amide bonds. The van der Waals surface area contributed by atoms with E-state index < -0.39 is 0 Å². The number of nitrogens with zero attached hydrogens (tertiary/aromatic N) is 1. The Morgan fingerprint density at radius 1 is 1.35 bits per heavy atom. The van der Waals surface area contributed by atoms with E-state index >= 15 is 0 Å². The predicted molar refractivity (Wildman–Crippen MR) is 74.5 cm³/mol. The maximum absolute atomic E-state index is 4.48. The molecule has 2 rings (SSSR count). The largest absolute Gasteiger partial charge is 0.316 e. The normalized spacial score (nSPS) is 25.1. The van der Waals surface area contributed by atoms with Gasteiger partial charge in [-0.15, -0.1) is 11.3 Å². The van der Waals surface area contributed by atoms with E-state index in [0.29, 0.717) is 0 Å². The van der Waals surface area contributed by atoms with Crippen molar-refractivity contribution in [3.05, 3.63) is 16.1 Å². The Balaban J connectivity index is 1.57. The van der Waals surface area contributed by atoms with Gasteiger partial charge in [0.25, 0.3) is 0 Å². The molecule has 1 aromatic heterocycles. The Morgan fingerprint density at radius 2 is 2.12 bits per heavy atom. The fraction of sp³-hybridized carbons (Fsp3) is 0.786. The van der Waals surface area contributed by atoms with E-state index in [2.05, 4.69) is 29.5 Å². The highest BCUT2D eigenvalue weighted by molar-refractivity contribution is 7.09. The quantitative estimate of drug-likeness (QED) is 0.812. The molecular weight excluding hydrogens is 228 g/mol. The van der Waals surface area contributed by atoms with Crippen LogP contribution in [0.2, 0.25) is 0 Å². The predicted octanol–water partition coefficient (Wildman–Crippen LogP) is 3.41. The molecule has 0 aromatic carbocycles. The molecule has 0 saturated heterocycles.